The van der Waals surface area contributed by atoms with Crippen molar-refractivity contribution in [3.63, 3.8) is 0 Å². The maximum absolute atomic E-state index is 11.7. The zero-order chi connectivity index (χ0) is 12.4. The Balaban J connectivity index is 2.15. The summed E-state index contributed by atoms with van der Waals surface area (Å²) in [6.45, 7) is 0. The zero-order valence-electron chi connectivity index (χ0n) is 8.55. The molecule has 0 saturated carbocycles. The van der Waals surface area contributed by atoms with Gasteiger partial charge in [-0.1, -0.05) is 0 Å². The predicted molar refractivity (Wildman–Crippen MR) is 58.4 cm³/mol. The summed E-state index contributed by atoms with van der Waals surface area (Å²) in [6, 6.07) is 1.43. The SMILES string of the molecule is O=C(ON1C(=O)CCC1=O)c1ccncc1Br. The number of pyridine rings is 1. The van der Waals surface area contributed by atoms with Gasteiger partial charge in [-0.05, 0) is 22.0 Å². The first-order chi connectivity index (χ1) is 8.09. The third-order valence-corrected chi connectivity index (χ3v) is 2.80. The topological polar surface area (TPSA) is 76.6 Å². The summed E-state index contributed by atoms with van der Waals surface area (Å²) in [6.07, 6.45) is 2.98. The van der Waals surface area contributed by atoms with Gasteiger partial charge in [-0.25, -0.2) is 4.79 Å². The molecule has 0 spiro atoms. The van der Waals surface area contributed by atoms with E-state index in [0.29, 0.717) is 9.54 Å². The number of hydrogen-bond donors (Lipinski definition) is 0. The van der Waals surface area contributed by atoms with Crippen molar-refractivity contribution in [2.75, 3.05) is 0 Å². The molecule has 0 N–H and O–H groups in total. The van der Waals surface area contributed by atoms with E-state index in [1.165, 1.54) is 18.5 Å². The molecule has 1 fully saturated rings. The number of halogens is 1. The van der Waals surface area contributed by atoms with Crippen LogP contribution in [0.15, 0.2) is 22.9 Å². The van der Waals surface area contributed by atoms with Crippen LogP contribution in [0.5, 0.6) is 0 Å². The average molecular weight is 299 g/mol. The highest BCUT2D eigenvalue weighted by Gasteiger charge is 2.33. The van der Waals surface area contributed by atoms with Gasteiger partial charge in [-0.2, -0.15) is 0 Å². The fraction of sp³-hybridized carbons (Fsp3) is 0.200. The molecule has 2 rings (SSSR count). The molecule has 1 saturated heterocycles. The number of carbonyl (C=O) groups excluding carboxylic acids is 3. The Morgan fingerprint density at radius 1 is 1.35 bits per heavy atom. The summed E-state index contributed by atoms with van der Waals surface area (Å²) in [7, 11) is 0. The molecule has 0 unspecified atom stereocenters. The van der Waals surface area contributed by atoms with Gasteiger partial charge in [0.05, 0.1) is 10.0 Å². The minimum absolute atomic E-state index is 0.0730. The van der Waals surface area contributed by atoms with Gasteiger partial charge < -0.3 is 4.84 Å². The summed E-state index contributed by atoms with van der Waals surface area (Å²) >= 11 is 3.12. The summed E-state index contributed by atoms with van der Waals surface area (Å²) in [5, 5.41) is 0.509. The van der Waals surface area contributed by atoms with Gasteiger partial charge in [0.25, 0.3) is 11.8 Å². The van der Waals surface area contributed by atoms with Gasteiger partial charge in [0.1, 0.15) is 0 Å². The molecule has 0 aliphatic carbocycles. The quantitative estimate of drug-likeness (QED) is 0.763. The van der Waals surface area contributed by atoms with E-state index in [0.717, 1.165) is 0 Å². The van der Waals surface area contributed by atoms with E-state index in [-0.39, 0.29) is 18.4 Å². The van der Waals surface area contributed by atoms with E-state index in [9.17, 15) is 14.4 Å². The Hall–Kier alpha value is -1.76. The molecule has 1 aromatic heterocycles. The molecule has 0 bridgehead atoms. The Kier molecular flexibility index (Phi) is 3.19. The van der Waals surface area contributed by atoms with Crippen molar-refractivity contribution in [2.24, 2.45) is 0 Å². The van der Waals surface area contributed by atoms with E-state index in [1.807, 2.05) is 0 Å². The van der Waals surface area contributed by atoms with E-state index in [2.05, 4.69) is 20.9 Å². The molecule has 2 heterocycles. The second kappa shape index (κ2) is 4.62. The fourth-order valence-electron chi connectivity index (χ4n) is 1.33. The van der Waals surface area contributed by atoms with E-state index in [4.69, 9.17) is 4.84 Å². The largest absolute Gasteiger partial charge is 0.365 e. The van der Waals surface area contributed by atoms with E-state index < -0.39 is 17.8 Å². The van der Waals surface area contributed by atoms with Gasteiger partial charge >= 0.3 is 5.97 Å². The normalized spacial score (nSPS) is 15.2. The molecule has 17 heavy (non-hydrogen) atoms. The minimum Gasteiger partial charge on any atom is -0.325 e. The highest BCUT2D eigenvalue weighted by atomic mass is 79.9. The molecule has 2 amide bonds. The molecule has 0 radical (unpaired) electrons. The molecule has 0 atom stereocenters. The summed E-state index contributed by atoms with van der Waals surface area (Å²) in [5.74, 6) is -1.79. The van der Waals surface area contributed by atoms with Crippen LogP contribution < -0.4 is 0 Å². The van der Waals surface area contributed by atoms with Gasteiger partial charge in [-0.15, -0.1) is 5.06 Å². The van der Waals surface area contributed by atoms with Crippen LogP contribution in [0.2, 0.25) is 0 Å². The molecule has 88 valence electrons. The summed E-state index contributed by atoms with van der Waals surface area (Å²) < 4.78 is 0.434. The maximum Gasteiger partial charge on any atom is 0.365 e. The Labute approximate surface area is 105 Å². The lowest BCUT2D eigenvalue weighted by atomic mass is 10.3. The minimum atomic E-state index is -0.775. The van der Waals surface area contributed by atoms with Crippen LogP contribution in [-0.2, 0) is 14.4 Å². The third-order valence-electron chi connectivity index (χ3n) is 2.17. The van der Waals surface area contributed by atoms with Crippen LogP contribution in [0.4, 0.5) is 0 Å². The van der Waals surface area contributed by atoms with Crippen LogP contribution in [0.25, 0.3) is 0 Å². The molecule has 1 aliphatic rings. The molecular weight excluding hydrogens is 292 g/mol. The number of hydrogen-bond acceptors (Lipinski definition) is 5. The van der Waals surface area contributed by atoms with Crippen molar-refractivity contribution in [2.45, 2.75) is 12.8 Å². The standard InChI is InChI=1S/C10H7BrN2O4/c11-7-5-12-4-3-6(7)10(16)17-13-8(14)1-2-9(13)15/h3-5H,1-2H2. The van der Waals surface area contributed by atoms with Crippen LogP contribution in [0.3, 0.4) is 0 Å². The highest BCUT2D eigenvalue weighted by molar-refractivity contribution is 9.10. The number of carbonyl (C=O) groups is 3. The molecule has 1 aliphatic heterocycles. The summed E-state index contributed by atoms with van der Waals surface area (Å²) in [4.78, 5) is 42.7. The van der Waals surface area contributed by atoms with Crippen molar-refractivity contribution >= 4 is 33.7 Å². The Morgan fingerprint density at radius 2 is 2.00 bits per heavy atom. The lowest BCUT2D eigenvalue weighted by molar-refractivity contribution is -0.172. The number of hydroxylamine groups is 2. The van der Waals surface area contributed by atoms with E-state index in [1.54, 1.807) is 0 Å². The number of rotatable bonds is 2. The van der Waals surface area contributed by atoms with Gasteiger partial charge in [0.15, 0.2) is 0 Å². The van der Waals surface area contributed by atoms with Crippen LogP contribution in [-0.4, -0.2) is 27.8 Å². The lowest BCUT2D eigenvalue weighted by Gasteiger charge is -2.12. The molecule has 7 heteroatoms. The third kappa shape index (κ3) is 2.33. The molecular formula is C10H7BrN2O4. The first kappa shape index (κ1) is 11.7. The molecule has 6 nitrogen and oxygen atoms in total. The first-order valence-electron chi connectivity index (χ1n) is 4.77. The molecule has 1 aromatic rings. The van der Waals surface area contributed by atoms with Crippen molar-refractivity contribution in [1.82, 2.24) is 10.0 Å². The fourth-order valence-corrected chi connectivity index (χ4v) is 1.74. The average Bonchev–Trinajstić information content (AvgIpc) is 2.61. The zero-order valence-corrected chi connectivity index (χ0v) is 10.1. The number of amides is 2. The van der Waals surface area contributed by atoms with Crippen molar-refractivity contribution in [3.05, 3.63) is 28.5 Å². The lowest BCUT2D eigenvalue weighted by Crippen LogP contribution is -2.32. The number of nitrogens with zero attached hydrogens (tertiary/aromatic N) is 2. The maximum atomic E-state index is 11.7. The summed E-state index contributed by atoms with van der Waals surface area (Å²) in [5.41, 5.74) is 0.201. The highest BCUT2D eigenvalue weighted by Crippen LogP contribution is 2.18. The van der Waals surface area contributed by atoms with Crippen molar-refractivity contribution in [3.8, 4) is 0 Å². The smallest absolute Gasteiger partial charge is 0.325 e. The van der Waals surface area contributed by atoms with Gasteiger partial charge in [0, 0.05) is 25.2 Å². The number of imide groups is 1. The Morgan fingerprint density at radius 3 is 2.59 bits per heavy atom. The van der Waals surface area contributed by atoms with Crippen LogP contribution in [0.1, 0.15) is 23.2 Å². The second-order valence-corrected chi connectivity index (χ2v) is 4.17. The van der Waals surface area contributed by atoms with Crippen LogP contribution in [0, 0.1) is 0 Å². The number of aromatic nitrogens is 1. The predicted octanol–water partition coefficient (Wildman–Crippen LogP) is 1.06. The van der Waals surface area contributed by atoms with Crippen LogP contribution >= 0.6 is 15.9 Å². The molecule has 0 aromatic carbocycles. The Bertz CT molecular complexity index is 487. The van der Waals surface area contributed by atoms with Gasteiger partial charge in [-0.3, -0.25) is 14.6 Å². The van der Waals surface area contributed by atoms with Crippen molar-refractivity contribution in [1.29, 1.82) is 0 Å². The monoisotopic (exact) mass is 298 g/mol. The first-order valence-corrected chi connectivity index (χ1v) is 5.56. The van der Waals surface area contributed by atoms with Crippen molar-refractivity contribution < 1.29 is 19.2 Å². The van der Waals surface area contributed by atoms with E-state index >= 15 is 0 Å². The second-order valence-electron chi connectivity index (χ2n) is 3.32. The van der Waals surface area contributed by atoms with Gasteiger partial charge in [0.2, 0.25) is 0 Å².